The van der Waals surface area contributed by atoms with Gasteiger partial charge in [0.1, 0.15) is 5.75 Å². The van der Waals surface area contributed by atoms with Crippen molar-refractivity contribution in [3.63, 3.8) is 0 Å². The Morgan fingerprint density at radius 3 is 2.72 bits per heavy atom. The Hall–Kier alpha value is -1.32. The molecule has 0 atom stereocenters. The van der Waals surface area contributed by atoms with Gasteiger partial charge in [0.05, 0.1) is 0 Å². The normalized spacial score (nSPS) is 10.6. The van der Waals surface area contributed by atoms with Crippen molar-refractivity contribution in [2.75, 3.05) is 0 Å². The van der Waals surface area contributed by atoms with E-state index in [0.29, 0.717) is 12.3 Å². The predicted molar refractivity (Wildman–Crippen MR) is 77.5 cm³/mol. The highest BCUT2D eigenvalue weighted by atomic mass is 79.9. The van der Waals surface area contributed by atoms with Crippen molar-refractivity contribution in [1.82, 2.24) is 5.32 Å². The van der Waals surface area contributed by atoms with Crippen LogP contribution in [-0.4, -0.2) is 5.11 Å². The highest BCUT2D eigenvalue weighted by Crippen LogP contribution is 2.18. The van der Waals surface area contributed by atoms with E-state index in [1.807, 2.05) is 31.2 Å². The SMILES string of the molecule is Cc1ccc(O)c(CNCc2cccc(Br)c2)c1. The fourth-order valence-electron chi connectivity index (χ4n) is 1.84. The molecule has 0 spiro atoms. The topological polar surface area (TPSA) is 32.3 Å². The Balaban J connectivity index is 1.94. The molecule has 0 saturated carbocycles. The van der Waals surface area contributed by atoms with Crippen LogP contribution >= 0.6 is 15.9 Å². The minimum absolute atomic E-state index is 0.349. The van der Waals surface area contributed by atoms with Gasteiger partial charge in [-0.25, -0.2) is 0 Å². The molecule has 2 N–H and O–H groups in total. The molecule has 94 valence electrons. The molecule has 0 aliphatic rings. The van der Waals surface area contributed by atoms with E-state index in [1.165, 1.54) is 5.56 Å². The molecule has 2 nitrogen and oxygen atoms in total. The molecule has 0 unspecified atom stereocenters. The van der Waals surface area contributed by atoms with Crippen LogP contribution in [0.15, 0.2) is 46.9 Å². The van der Waals surface area contributed by atoms with Crippen LogP contribution in [0, 0.1) is 6.92 Å². The summed E-state index contributed by atoms with van der Waals surface area (Å²) in [5.74, 6) is 0.349. The molecule has 0 heterocycles. The van der Waals surface area contributed by atoms with Gasteiger partial charge in [-0.1, -0.05) is 45.8 Å². The number of hydrogen-bond donors (Lipinski definition) is 2. The minimum atomic E-state index is 0.349. The summed E-state index contributed by atoms with van der Waals surface area (Å²) in [6.45, 7) is 3.48. The molecule has 3 heteroatoms. The van der Waals surface area contributed by atoms with Gasteiger partial charge in [-0.2, -0.15) is 0 Å². The van der Waals surface area contributed by atoms with E-state index in [2.05, 4.69) is 33.4 Å². The lowest BCUT2D eigenvalue weighted by atomic mass is 10.1. The number of hydrogen-bond acceptors (Lipinski definition) is 2. The third kappa shape index (κ3) is 3.59. The molecular formula is C15H16BrNO. The monoisotopic (exact) mass is 305 g/mol. The van der Waals surface area contributed by atoms with Crippen molar-refractivity contribution in [1.29, 1.82) is 0 Å². The zero-order chi connectivity index (χ0) is 13.0. The maximum Gasteiger partial charge on any atom is 0.120 e. The Labute approximate surface area is 116 Å². The summed E-state index contributed by atoms with van der Waals surface area (Å²) in [6.07, 6.45) is 0. The molecule has 2 rings (SSSR count). The number of rotatable bonds is 4. The summed E-state index contributed by atoms with van der Waals surface area (Å²) in [6, 6.07) is 13.8. The Kier molecular flexibility index (Phi) is 4.39. The number of nitrogens with one attached hydrogen (secondary N) is 1. The quantitative estimate of drug-likeness (QED) is 0.901. The van der Waals surface area contributed by atoms with Gasteiger partial charge in [0, 0.05) is 23.1 Å². The van der Waals surface area contributed by atoms with Crippen molar-refractivity contribution < 1.29 is 5.11 Å². The van der Waals surface area contributed by atoms with Gasteiger partial charge in [0.2, 0.25) is 0 Å². The van der Waals surface area contributed by atoms with E-state index in [0.717, 1.165) is 22.1 Å². The third-order valence-corrected chi connectivity index (χ3v) is 3.26. The van der Waals surface area contributed by atoms with Crippen molar-refractivity contribution in [2.45, 2.75) is 20.0 Å². The maximum absolute atomic E-state index is 9.73. The number of phenolic OH excluding ortho intramolecular Hbond substituents is 1. The second kappa shape index (κ2) is 6.03. The van der Waals surface area contributed by atoms with Gasteiger partial charge in [-0.15, -0.1) is 0 Å². The Morgan fingerprint density at radius 2 is 1.94 bits per heavy atom. The maximum atomic E-state index is 9.73. The molecular weight excluding hydrogens is 290 g/mol. The third-order valence-electron chi connectivity index (χ3n) is 2.77. The van der Waals surface area contributed by atoms with Crippen LogP contribution < -0.4 is 5.32 Å². The van der Waals surface area contributed by atoms with Gasteiger partial charge in [-0.3, -0.25) is 0 Å². The van der Waals surface area contributed by atoms with E-state index in [-0.39, 0.29) is 0 Å². The molecule has 0 fully saturated rings. The van der Waals surface area contributed by atoms with Crippen LogP contribution in [0.4, 0.5) is 0 Å². The van der Waals surface area contributed by atoms with Crippen LogP contribution in [0.3, 0.4) is 0 Å². The first-order chi connectivity index (χ1) is 8.65. The molecule has 2 aromatic carbocycles. The summed E-state index contributed by atoms with van der Waals surface area (Å²) < 4.78 is 1.08. The first kappa shape index (κ1) is 13.1. The van der Waals surface area contributed by atoms with Crippen molar-refractivity contribution >= 4 is 15.9 Å². The lowest BCUT2D eigenvalue weighted by Gasteiger charge is -2.08. The fraction of sp³-hybridized carbons (Fsp3) is 0.200. The predicted octanol–water partition coefficient (Wildman–Crippen LogP) is 3.75. The van der Waals surface area contributed by atoms with E-state index < -0.39 is 0 Å². The lowest BCUT2D eigenvalue weighted by molar-refractivity contribution is 0.464. The van der Waals surface area contributed by atoms with Crippen LogP contribution in [0.25, 0.3) is 0 Å². The summed E-state index contributed by atoms with van der Waals surface area (Å²) >= 11 is 3.45. The Morgan fingerprint density at radius 1 is 1.11 bits per heavy atom. The zero-order valence-electron chi connectivity index (χ0n) is 10.3. The van der Waals surface area contributed by atoms with E-state index in [1.54, 1.807) is 6.07 Å². The summed E-state index contributed by atoms with van der Waals surface area (Å²) in [5.41, 5.74) is 3.31. The lowest BCUT2D eigenvalue weighted by Crippen LogP contribution is -2.12. The molecule has 0 aliphatic heterocycles. The number of aryl methyl sites for hydroxylation is 1. The van der Waals surface area contributed by atoms with Gasteiger partial charge < -0.3 is 10.4 Å². The van der Waals surface area contributed by atoms with Crippen molar-refractivity contribution in [3.05, 3.63) is 63.6 Å². The van der Waals surface area contributed by atoms with Crippen molar-refractivity contribution in [2.24, 2.45) is 0 Å². The summed E-state index contributed by atoms with van der Waals surface area (Å²) in [5, 5.41) is 13.1. The fourth-order valence-corrected chi connectivity index (χ4v) is 2.29. The van der Waals surface area contributed by atoms with E-state index in [9.17, 15) is 5.11 Å². The molecule has 0 aromatic heterocycles. The average Bonchev–Trinajstić information content (AvgIpc) is 2.34. The van der Waals surface area contributed by atoms with Gasteiger partial charge >= 0.3 is 0 Å². The highest BCUT2D eigenvalue weighted by molar-refractivity contribution is 9.10. The molecule has 18 heavy (non-hydrogen) atoms. The average molecular weight is 306 g/mol. The van der Waals surface area contributed by atoms with Crippen LogP contribution in [0.5, 0.6) is 5.75 Å². The molecule has 2 aromatic rings. The Bertz CT molecular complexity index is 540. The number of halogens is 1. The second-order valence-corrected chi connectivity index (χ2v) is 5.28. The zero-order valence-corrected chi connectivity index (χ0v) is 11.9. The van der Waals surface area contributed by atoms with Crippen LogP contribution in [0.1, 0.15) is 16.7 Å². The minimum Gasteiger partial charge on any atom is -0.508 e. The first-order valence-corrected chi connectivity index (χ1v) is 6.68. The largest absolute Gasteiger partial charge is 0.508 e. The number of benzene rings is 2. The highest BCUT2D eigenvalue weighted by Gasteiger charge is 2.01. The van der Waals surface area contributed by atoms with Gasteiger partial charge in [-0.05, 0) is 30.7 Å². The smallest absolute Gasteiger partial charge is 0.120 e. The van der Waals surface area contributed by atoms with E-state index >= 15 is 0 Å². The van der Waals surface area contributed by atoms with E-state index in [4.69, 9.17) is 0 Å². The molecule has 0 radical (unpaired) electrons. The van der Waals surface area contributed by atoms with Gasteiger partial charge in [0.15, 0.2) is 0 Å². The molecule has 0 amide bonds. The molecule has 0 aliphatic carbocycles. The first-order valence-electron chi connectivity index (χ1n) is 5.89. The molecule has 0 bridgehead atoms. The number of aromatic hydroxyl groups is 1. The summed E-state index contributed by atoms with van der Waals surface area (Å²) in [4.78, 5) is 0. The molecule has 0 saturated heterocycles. The van der Waals surface area contributed by atoms with Gasteiger partial charge in [0.25, 0.3) is 0 Å². The standard InChI is InChI=1S/C15H16BrNO/c1-11-5-6-15(18)13(7-11)10-17-9-12-3-2-4-14(16)8-12/h2-8,17-18H,9-10H2,1H3. The number of phenols is 1. The second-order valence-electron chi connectivity index (χ2n) is 4.37. The summed E-state index contributed by atoms with van der Waals surface area (Å²) in [7, 11) is 0. The van der Waals surface area contributed by atoms with Crippen LogP contribution in [0.2, 0.25) is 0 Å². The van der Waals surface area contributed by atoms with Crippen LogP contribution in [-0.2, 0) is 13.1 Å². The van der Waals surface area contributed by atoms with Crippen molar-refractivity contribution in [3.8, 4) is 5.75 Å².